The van der Waals surface area contributed by atoms with E-state index >= 15 is 0 Å². The topological polar surface area (TPSA) is 39.7 Å². The molecule has 0 radical (unpaired) electrons. The van der Waals surface area contributed by atoms with Crippen LogP contribution < -0.4 is 5.48 Å². The molecule has 0 aromatic heterocycles. The van der Waals surface area contributed by atoms with Gasteiger partial charge < -0.3 is 9.47 Å². The molecule has 1 rings (SSSR count). The molecule has 1 heterocycles. The lowest BCUT2D eigenvalue weighted by molar-refractivity contribution is -0.125. The zero-order chi connectivity index (χ0) is 7.23. The molecule has 10 heavy (non-hydrogen) atoms. The lowest BCUT2D eigenvalue weighted by Crippen LogP contribution is -2.33. The van der Waals surface area contributed by atoms with Crippen LogP contribution in [0.2, 0.25) is 0 Å². The molecule has 1 aliphatic heterocycles. The van der Waals surface area contributed by atoms with Crippen LogP contribution in [0, 0.1) is 0 Å². The van der Waals surface area contributed by atoms with Crippen LogP contribution in [0.4, 0.5) is 0 Å². The van der Waals surface area contributed by atoms with Crippen molar-refractivity contribution in [1.29, 1.82) is 0 Å². The number of ether oxygens (including phenoxy) is 2. The first kappa shape index (κ1) is 7.94. The molecule has 0 saturated carbocycles. The van der Waals surface area contributed by atoms with Gasteiger partial charge >= 0.3 is 0 Å². The Morgan fingerprint density at radius 2 is 2.50 bits per heavy atom. The summed E-state index contributed by atoms with van der Waals surface area (Å²) in [5.74, 6) is 0. The molecule has 0 aromatic rings. The van der Waals surface area contributed by atoms with E-state index in [1.54, 1.807) is 7.05 Å². The van der Waals surface area contributed by atoms with E-state index < -0.39 is 0 Å². The molecule has 0 aliphatic carbocycles. The summed E-state index contributed by atoms with van der Waals surface area (Å²) in [6.07, 6.45) is 0.0983. The average Bonchev–Trinajstić information content (AvgIpc) is 2.03. The summed E-state index contributed by atoms with van der Waals surface area (Å²) in [5.41, 5.74) is 2.58. The third kappa shape index (κ3) is 2.62. The molecule has 0 spiro atoms. The van der Waals surface area contributed by atoms with Gasteiger partial charge in [0.25, 0.3) is 0 Å². The van der Waals surface area contributed by atoms with E-state index in [2.05, 4.69) is 5.48 Å². The van der Waals surface area contributed by atoms with Crippen LogP contribution in [0.3, 0.4) is 0 Å². The van der Waals surface area contributed by atoms with Gasteiger partial charge in [0, 0.05) is 7.05 Å². The van der Waals surface area contributed by atoms with Gasteiger partial charge in [-0.15, -0.1) is 0 Å². The third-order valence-corrected chi connectivity index (χ3v) is 1.30. The minimum atomic E-state index is 0.0983. The summed E-state index contributed by atoms with van der Waals surface area (Å²) in [4.78, 5) is 4.92. The number of rotatable bonds is 3. The fraction of sp³-hybridized carbons (Fsp3) is 1.00. The summed E-state index contributed by atoms with van der Waals surface area (Å²) in [6, 6.07) is 0. The second-order valence-corrected chi connectivity index (χ2v) is 2.08. The standard InChI is InChI=1S/C6H13NO3/c1-7-10-5-6-4-8-2-3-9-6/h6-7H,2-5H2,1H3. The largest absolute Gasteiger partial charge is 0.376 e. The molecule has 0 bridgehead atoms. The summed E-state index contributed by atoms with van der Waals surface area (Å²) in [5, 5.41) is 0. The van der Waals surface area contributed by atoms with Gasteiger partial charge in [0.2, 0.25) is 0 Å². The first-order valence-corrected chi connectivity index (χ1v) is 3.41. The van der Waals surface area contributed by atoms with Crippen molar-refractivity contribution in [1.82, 2.24) is 5.48 Å². The molecule has 0 aromatic carbocycles. The summed E-state index contributed by atoms with van der Waals surface area (Å²) >= 11 is 0. The van der Waals surface area contributed by atoms with Crippen LogP contribution >= 0.6 is 0 Å². The highest BCUT2D eigenvalue weighted by Crippen LogP contribution is 1.99. The van der Waals surface area contributed by atoms with Crippen molar-refractivity contribution in [3.63, 3.8) is 0 Å². The van der Waals surface area contributed by atoms with E-state index in [0.717, 1.165) is 0 Å². The van der Waals surface area contributed by atoms with Crippen LogP contribution in [-0.4, -0.2) is 39.6 Å². The molecule has 4 nitrogen and oxygen atoms in total. The molecule has 1 fully saturated rings. The fourth-order valence-corrected chi connectivity index (χ4v) is 0.809. The minimum absolute atomic E-state index is 0.0983. The van der Waals surface area contributed by atoms with Crippen molar-refractivity contribution in [2.75, 3.05) is 33.5 Å². The number of hydroxylamine groups is 1. The predicted molar refractivity (Wildman–Crippen MR) is 35.6 cm³/mol. The van der Waals surface area contributed by atoms with E-state index in [9.17, 15) is 0 Å². The van der Waals surface area contributed by atoms with E-state index in [-0.39, 0.29) is 6.10 Å². The number of hydrogen-bond donors (Lipinski definition) is 1. The SMILES string of the molecule is CNOCC1COCCO1. The lowest BCUT2D eigenvalue weighted by Gasteiger charge is -2.21. The molecule has 1 N–H and O–H groups in total. The Balaban J connectivity index is 2.02. The number of hydrogen-bond acceptors (Lipinski definition) is 4. The van der Waals surface area contributed by atoms with Crippen molar-refractivity contribution in [3.05, 3.63) is 0 Å². The van der Waals surface area contributed by atoms with E-state index in [4.69, 9.17) is 14.3 Å². The van der Waals surface area contributed by atoms with E-state index in [1.165, 1.54) is 0 Å². The summed E-state index contributed by atoms with van der Waals surface area (Å²) in [7, 11) is 1.73. The van der Waals surface area contributed by atoms with Gasteiger partial charge in [-0.05, 0) is 0 Å². The van der Waals surface area contributed by atoms with Crippen molar-refractivity contribution >= 4 is 0 Å². The molecule has 1 aliphatic rings. The highest BCUT2D eigenvalue weighted by Gasteiger charge is 2.13. The van der Waals surface area contributed by atoms with Gasteiger partial charge in [-0.2, -0.15) is 0 Å². The third-order valence-electron chi connectivity index (χ3n) is 1.30. The maximum Gasteiger partial charge on any atom is 0.106 e. The van der Waals surface area contributed by atoms with Crippen molar-refractivity contribution in [3.8, 4) is 0 Å². The molecule has 1 unspecified atom stereocenters. The zero-order valence-electron chi connectivity index (χ0n) is 6.13. The summed E-state index contributed by atoms with van der Waals surface area (Å²) in [6.45, 7) is 2.58. The lowest BCUT2D eigenvalue weighted by atomic mass is 10.4. The molecular weight excluding hydrogens is 134 g/mol. The first-order valence-electron chi connectivity index (χ1n) is 3.41. The quantitative estimate of drug-likeness (QED) is 0.549. The Hall–Kier alpha value is -0.160. The van der Waals surface area contributed by atoms with E-state index in [0.29, 0.717) is 26.4 Å². The molecule has 1 saturated heterocycles. The summed E-state index contributed by atoms with van der Waals surface area (Å²) < 4.78 is 10.4. The Bertz CT molecular complexity index is 83.1. The van der Waals surface area contributed by atoms with Crippen LogP contribution in [-0.2, 0) is 14.3 Å². The van der Waals surface area contributed by atoms with Gasteiger partial charge in [-0.3, -0.25) is 4.84 Å². The average molecular weight is 147 g/mol. The Morgan fingerprint density at radius 1 is 1.60 bits per heavy atom. The molecule has 0 amide bonds. The highest BCUT2D eigenvalue weighted by molar-refractivity contribution is 4.58. The Labute approximate surface area is 60.4 Å². The molecule has 1 atom stereocenters. The van der Waals surface area contributed by atoms with Crippen molar-refractivity contribution in [2.45, 2.75) is 6.10 Å². The van der Waals surface area contributed by atoms with E-state index in [1.807, 2.05) is 0 Å². The van der Waals surface area contributed by atoms with Crippen molar-refractivity contribution in [2.24, 2.45) is 0 Å². The smallest absolute Gasteiger partial charge is 0.106 e. The molecular formula is C6H13NO3. The second kappa shape index (κ2) is 4.62. The van der Waals surface area contributed by atoms with Gasteiger partial charge in [-0.1, -0.05) is 0 Å². The van der Waals surface area contributed by atoms with Crippen LogP contribution in [0.25, 0.3) is 0 Å². The maximum atomic E-state index is 5.29. The Kier molecular flexibility index (Phi) is 3.67. The first-order chi connectivity index (χ1) is 4.93. The monoisotopic (exact) mass is 147 g/mol. The predicted octanol–water partition coefficient (Wildman–Crippen LogP) is -0.447. The minimum Gasteiger partial charge on any atom is -0.376 e. The molecule has 60 valence electrons. The van der Waals surface area contributed by atoms with Gasteiger partial charge in [0.15, 0.2) is 0 Å². The number of nitrogens with one attached hydrogen (secondary N) is 1. The Morgan fingerprint density at radius 3 is 3.10 bits per heavy atom. The van der Waals surface area contributed by atoms with Crippen LogP contribution in [0.1, 0.15) is 0 Å². The normalized spacial score (nSPS) is 26.7. The van der Waals surface area contributed by atoms with Crippen molar-refractivity contribution < 1.29 is 14.3 Å². The van der Waals surface area contributed by atoms with Gasteiger partial charge in [0.1, 0.15) is 6.10 Å². The van der Waals surface area contributed by atoms with Gasteiger partial charge in [0.05, 0.1) is 26.4 Å². The highest BCUT2D eigenvalue weighted by atomic mass is 16.7. The zero-order valence-corrected chi connectivity index (χ0v) is 6.13. The van der Waals surface area contributed by atoms with Crippen LogP contribution in [0.15, 0.2) is 0 Å². The fourth-order valence-electron chi connectivity index (χ4n) is 0.809. The van der Waals surface area contributed by atoms with Crippen LogP contribution in [0.5, 0.6) is 0 Å². The maximum absolute atomic E-state index is 5.29. The molecule has 4 heteroatoms. The van der Waals surface area contributed by atoms with Gasteiger partial charge in [-0.25, -0.2) is 5.48 Å². The second-order valence-electron chi connectivity index (χ2n) is 2.08.